The van der Waals surface area contributed by atoms with E-state index in [0.717, 1.165) is 5.69 Å². The summed E-state index contributed by atoms with van der Waals surface area (Å²) in [6.45, 7) is 8.00. The number of sulfonamides is 1. The molecule has 0 saturated carbocycles. The van der Waals surface area contributed by atoms with Crippen molar-refractivity contribution >= 4 is 15.7 Å². The molecule has 0 aliphatic rings. The van der Waals surface area contributed by atoms with Crippen LogP contribution >= 0.6 is 0 Å². The van der Waals surface area contributed by atoms with Gasteiger partial charge in [-0.15, -0.1) is 0 Å². The summed E-state index contributed by atoms with van der Waals surface area (Å²) < 4.78 is 22.8. The number of rotatable bonds is 4. The van der Waals surface area contributed by atoms with Gasteiger partial charge in [0.15, 0.2) is 0 Å². The minimum absolute atomic E-state index is 0.179. The lowest BCUT2D eigenvalue weighted by Gasteiger charge is -2.19. The maximum atomic E-state index is 11.4. The molecule has 1 atom stereocenters. The fourth-order valence-corrected chi connectivity index (χ4v) is 2.23. The molecular formula is C12H20N2O2S. The minimum atomic E-state index is -3.65. The summed E-state index contributed by atoms with van der Waals surface area (Å²) >= 11 is 0. The highest BCUT2D eigenvalue weighted by Crippen LogP contribution is 2.20. The van der Waals surface area contributed by atoms with Crippen molar-refractivity contribution in [3.63, 3.8) is 0 Å². The van der Waals surface area contributed by atoms with Crippen molar-refractivity contribution in [2.24, 2.45) is 11.1 Å². The van der Waals surface area contributed by atoms with Crippen LogP contribution in [0.25, 0.3) is 0 Å². The first-order valence-corrected chi connectivity index (χ1v) is 7.16. The summed E-state index contributed by atoms with van der Waals surface area (Å²) in [6.07, 6.45) is 0. The SMILES string of the molecule is Cc1ccc(NC(C)C(C)C)cc1S(N)(=O)=O. The van der Waals surface area contributed by atoms with E-state index in [1.54, 1.807) is 19.1 Å². The van der Waals surface area contributed by atoms with E-state index >= 15 is 0 Å². The first-order chi connectivity index (χ1) is 7.71. The van der Waals surface area contributed by atoms with Crippen molar-refractivity contribution in [3.05, 3.63) is 23.8 Å². The zero-order valence-electron chi connectivity index (χ0n) is 10.7. The van der Waals surface area contributed by atoms with Crippen LogP contribution in [0.15, 0.2) is 23.1 Å². The van der Waals surface area contributed by atoms with Gasteiger partial charge in [-0.05, 0) is 37.5 Å². The second kappa shape index (κ2) is 5.06. The number of nitrogens with two attached hydrogens (primary N) is 1. The Labute approximate surface area is 103 Å². The van der Waals surface area contributed by atoms with Crippen LogP contribution in [-0.2, 0) is 10.0 Å². The standard InChI is InChI=1S/C12H20N2O2S/c1-8(2)10(4)14-11-6-5-9(3)12(7-11)17(13,15)16/h5-8,10,14H,1-4H3,(H2,13,15,16). The van der Waals surface area contributed by atoms with E-state index in [2.05, 4.69) is 26.1 Å². The van der Waals surface area contributed by atoms with E-state index in [4.69, 9.17) is 5.14 Å². The van der Waals surface area contributed by atoms with Crippen molar-refractivity contribution in [2.75, 3.05) is 5.32 Å². The van der Waals surface area contributed by atoms with Gasteiger partial charge in [0.2, 0.25) is 10.0 Å². The zero-order chi connectivity index (χ0) is 13.2. The molecule has 96 valence electrons. The number of anilines is 1. The normalized spacial score (nSPS) is 13.8. The number of nitrogens with one attached hydrogen (secondary N) is 1. The van der Waals surface area contributed by atoms with Gasteiger partial charge in [-0.2, -0.15) is 0 Å². The molecule has 0 bridgehead atoms. The van der Waals surface area contributed by atoms with Crippen LogP contribution in [0.3, 0.4) is 0 Å². The number of aryl methyl sites for hydroxylation is 1. The van der Waals surface area contributed by atoms with E-state index < -0.39 is 10.0 Å². The Balaban J connectivity index is 3.06. The maximum absolute atomic E-state index is 11.4. The monoisotopic (exact) mass is 256 g/mol. The first-order valence-electron chi connectivity index (χ1n) is 5.62. The average molecular weight is 256 g/mol. The Morgan fingerprint density at radius 2 is 1.82 bits per heavy atom. The zero-order valence-corrected chi connectivity index (χ0v) is 11.5. The fourth-order valence-electron chi connectivity index (χ4n) is 1.43. The Morgan fingerprint density at radius 1 is 1.24 bits per heavy atom. The number of hydrogen-bond acceptors (Lipinski definition) is 3. The number of hydrogen-bond donors (Lipinski definition) is 2. The van der Waals surface area contributed by atoms with Crippen molar-refractivity contribution in [1.29, 1.82) is 0 Å². The lowest BCUT2D eigenvalue weighted by Crippen LogP contribution is -2.22. The predicted octanol–water partition coefficient (Wildman–Crippen LogP) is 2.10. The highest BCUT2D eigenvalue weighted by Gasteiger charge is 2.13. The molecule has 0 fully saturated rings. The van der Waals surface area contributed by atoms with E-state index in [0.29, 0.717) is 11.5 Å². The molecular weight excluding hydrogens is 236 g/mol. The fraction of sp³-hybridized carbons (Fsp3) is 0.500. The van der Waals surface area contributed by atoms with E-state index in [9.17, 15) is 8.42 Å². The van der Waals surface area contributed by atoms with Crippen LogP contribution in [-0.4, -0.2) is 14.5 Å². The van der Waals surface area contributed by atoms with Crippen LogP contribution < -0.4 is 10.5 Å². The van der Waals surface area contributed by atoms with Gasteiger partial charge in [0.05, 0.1) is 4.90 Å². The van der Waals surface area contributed by atoms with Gasteiger partial charge in [0, 0.05) is 11.7 Å². The Morgan fingerprint density at radius 3 is 2.29 bits per heavy atom. The van der Waals surface area contributed by atoms with Crippen LogP contribution in [0.4, 0.5) is 5.69 Å². The average Bonchev–Trinajstić information content (AvgIpc) is 2.19. The summed E-state index contributed by atoms with van der Waals surface area (Å²) in [4.78, 5) is 0.179. The molecule has 4 nitrogen and oxygen atoms in total. The molecule has 1 aromatic carbocycles. The topological polar surface area (TPSA) is 72.2 Å². The third-order valence-electron chi connectivity index (χ3n) is 2.89. The maximum Gasteiger partial charge on any atom is 0.238 e. The summed E-state index contributed by atoms with van der Waals surface area (Å²) in [6, 6.07) is 5.48. The molecule has 1 unspecified atom stereocenters. The van der Waals surface area contributed by atoms with Gasteiger partial charge in [0.25, 0.3) is 0 Å². The van der Waals surface area contributed by atoms with E-state index in [1.807, 2.05) is 6.07 Å². The second-order valence-corrected chi connectivity index (χ2v) is 6.23. The third-order valence-corrected chi connectivity index (χ3v) is 3.94. The van der Waals surface area contributed by atoms with E-state index in [1.165, 1.54) is 0 Å². The largest absolute Gasteiger partial charge is 0.382 e. The van der Waals surface area contributed by atoms with Gasteiger partial charge >= 0.3 is 0 Å². The Bertz CT molecular complexity index is 495. The highest BCUT2D eigenvalue weighted by molar-refractivity contribution is 7.89. The smallest absolute Gasteiger partial charge is 0.238 e. The molecule has 1 aromatic rings. The summed E-state index contributed by atoms with van der Waals surface area (Å²) in [5.41, 5.74) is 1.44. The summed E-state index contributed by atoms with van der Waals surface area (Å²) in [5.74, 6) is 0.467. The Hall–Kier alpha value is -1.07. The molecule has 0 aliphatic carbocycles. The van der Waals surface area contributed by atoms with Crippen molar-refractivity contribution < 1.29 is 8.42 Å². The molecule has 5 heteroatoms. The van der Waals surface area contributed by atoms with Gasteiger partial charge in [0.1, 0.15) is 0 Å². The molecule has 0 radical (unpaired) electrons. The molecule has 0 saturated heterocycles. The molecule has 0 aliphatic heterocycles. The molecule has 0 aromatic heterocycles. The summed E-state index contributed by atoms with van der Waals surface area (Å²) in [7, 11) is -3.65. The summed E-state index contributed by atoms with van der Waals surface area (Å²) in [5, 5.41) is 8.42. The predicted molar refractivity (Wildman–Crippen MR) is 70.5 cm³/mol. The molecule has 0 amide bonds. The third kappa shape index (κ3) is 3.71. The van der Waals surface area contributed by atoms with Crippen LogP contribution in [0, 0.1) is 12.8 Å². The Kier molecular flexibility index (Phi) is 4.16. The van der Waals surface area contributed by atoms with Crippen LogP contribution in [0.2, 0.25) is 0 Å². The highest BCUT2D eigenvalue weighted by atomic mass is 32.2. The number of benzene rings is 1. The van der Waals surface area contributed by atoms with Gasteiger partial charge < -0.3 is 5.32 Å². The van der Waals surface area contributed by atoms with Crippen molar-refractivity contribution in [2.45, 2.75) is 38.6 Å². The van der Waals surface area contributed by atoms with Gasteiger partial charge in [-0.3, -0.25) is 0 Å². The van der Waals surface area contributed by atoms with Gasteiger partial charge in [-0.1, -0.05) is 19.9 Å². The molecule has 17 heavy (non-hydrogen) atoms. The van der Waals surface area contributed by atoms with Gasteiger partial charge in [-0.25, -0.2) is 13.6 Å². The quantitative estimate of drug-likeness (QED) is 0.866. The molecule has 0 spiro atoms. The lowest BCUT2D eigenvalue weighted by atomic mass is 10.1. The molecule has 1 rings (SSSR count). The van der Waals surface area contributed by atoms with Crippen molar-refractivity contribution in [1.82, 2.24) is 0 Å². The lowest BCUT2D eigenvalue weighted by molar-refractivity contribution is 0.560. The second-order valence-electron chi connectivity index (χ2n) is 4.70. The van der Waals surface area contributed by atoms with Crippen LogP contribution in [0.5, 0.6) is 0 Å². The van der Waals surface area contributed by atoms with Crippen molar-refractivity contribution in [3.8, 4) is 0 Å². The van der Waals surface area contributed by atoms with Crippen LogP contribution in [0.1, 0.15) is 26.3 Å². The first kappa shape index (κ1) is 14.0. The number of primary sulfonamides is 1. The minimum Gasteiger partial charge on any atom is -0.382 e. The molecule has 0 heterocycles. The molecule has 3 N–H and O–H groups in total. The van der Waals surface area contributed by atoms with E-state index in [-0.39, 0.29) is 10.9 Å².